The zero-order chi connectivity index (χ0) is 16.9. The SMILES string of the molecule is COc1cccc(C2SCC(=O)N2CCc2ccncc2)c1OC. The minimum atomic E-state index is -0.0515. The molecule has 24 heavy (non-hydrogen) atoms. The van der Waals surface area contributed by atoms with Gasteiger partial charge in [-0.05, 0) is 30.2 Å². The normalized spacial score (nSPS) is 17.2. The highest BCUT2D eigenvalue weighted by Gasteiger charge is 2.34. The molecule has 0 bridgehead atoms. The molecule has 126 valence electrons. The predicted octanol–water partition coefficient (Wildman–Crippen LogP) is 2.92. The van der Waals surface area contributed by atoms with Crippen LogP contribution < -0.4 is 9.47 Å². The van der Waals surface area contributed by atoms with Crippen LogP contribution in [0.15, 0.2) is 42.7 Å². The molecule has 1 aromatic carbocycles. The summed E-state index contributed by atoms with van der Waals surface area (Å²) < 4.78 is 10.9. The van der Waals surface area contributed by atoms with Crippen molar-refractivity contribution in [1.82, 2.24) is 9.88 Å². The number of nitrogens with zero attached hydrogens (tertiary/aromatic N) is 2. The van der Waals surface area contributed by atoms with Gasteiger partial charge in [-0.1, -0.05) is 12.1 Å². The molecular weight excluding hydrogens is 324 g/mol. The number of benzene rings is 1. The first-order valence-electron chi connectivity index (χ1n) is 7.75. The molecule has 0 radical (unpaired) electrons. The monoisotopic (exact) mass is 344 g/mol. The van der Waals surface area contributed by atoms with Gasteiger partial charge >= 0.3 is 0 Å². The number of amides is 1. The summed E-state index contributed by atoms with van der Waals surface area (Å²) >= 11 is 1.62. The maximum atomic E-state index is 12.4. The van der Waals surface area contributed by atoms with E-state index in [0.717, 1.165) is 12.0 Å². The lowest BCUT2D eigenvalue weighted by atomic mass is 10.1. The molecule has 0 aliphatic carbocycles. The van der Waals surface area contributed by atoms with Gasteiger partial charge in [-0.25, -0.2) is 0 Å². The lowest BCUT2D eigenvalue weighted by Crippen LogP contribution is -2.30. The largest absolute Gasteiger partial charge is 0.493 e. The number of rotatable bonds is 6. The molecule has 1 amide bonds. The summed E-state index contributed by atoms with van der Waals surface area (Å²) in [6.07, 6.45) is 4.36. The van der Waals surface area contributed by atoms with Gasteiger partial charge in [0.25, 0.3) is 0 Å². The number of carbonyl (C=O) groups is 1. The summed E-state index contributed by atoms with van der Waals surface area (Å²) in [5, 5.41) is -0.0515. The summed E-state index contributed by atoms with van der Waals surface area (Å²) in [5.74, 6) is 2.02. The molecule has 1 aromatic heterocycles. The Kier molecular flexibility index (Phi) is 5.25. The van der Waals surface area contributed by atoms with E-state index in [1.54, 1.807) is 38.4 Å². The van der Waals surface area contributed by atoms with Crippen LogP contribution in [0.1, 0.15) is 16.5 Å². The van der Waals surface area contributed by atoms with Crippen LogP contribution in [0.3, 0.4) is 0 Å². The topological polar surface area (TPSA) is 51.7 Å². The Balaban J connectivity index is 1.83. The van der Waals surface area contributed by atoms with Crippen molar-refractivity contribution in [1.29, 1.82) is 0 Å². The van der Waals surface area contributed by atoms with Crippen molar-refractivity contribution < 1.29 is 14.3 Å². The molecule has 0 spiro atoms. The zero-order valence-electron chi connectivity index (χ0n) is 13.8. The summed E-state index contributed by atoms with van der Waals surface area (Å²) in [5.41, 5.74) is 2.15. The Morgan fingerprint density at radius 1 is 1.21 bits per heavy atom. The first-order chi connectivity index (χ1) is 11.7. The molecule has 1 unspecified atom stereocenters. The number of carbonyl (C=O) groups excluding carboxylic acids is 1. The van der Waals surface area contributed by atoms with Crippen LogP contribution >= 0.6 is 11.8 Å². The van der Waals surface area contributed by atoms with Gasteiger partial charge in [0, 0.05) is 24.5 Å². The molecule has 1 aliphatic rings. The number of hydrogen-bond acceptors (Lipinski definition) is 5. The maximum Gasteiger partial charge on any atom is 0.233 e. The second-order valence-electron chi connectivity index (χ2n) is 5.44. The number of pyridine rings is 1. The summed E-state index contributed by atoms with van der Waals surface area (Å²) in [6.45, 7) is 0.668. The third-order valence-corrected chi connectivity index (χ3v) is 5.30. The van der Waals surface area contributed by atoms with E-state index in [1.165, 1.54) is 5.56 Å². The Bertz CT molecular complexity index is 709. The maximum absolute atomic E-state index is 12.4. The quantitative estimate of drug-likeness (QED) is 0.806. The molecule has 1 saturated heterocycles. The fourth-order valence-electron chi connectivity index (χ4n) is 2.86. The van der Waals surface area contributed by atoms with Crippen LogP contribution in [0, 0.1) is 0 Å². The van der Waals surface area contributed by atoms with E-state index in [0.29, 0.717) is 23.8 Å². The molecule has 2 heterocycles. The molecule has 1 aliphatic heterocycles. The molecule has 1 fully saturated rings. The van der Waals surface area contributed by atoms with E-state index >= 15 is 0 Å². The lowest BCUT2D eigenvalue weighted by molar-refractivity contribution is -0.128. The average molecular weight is 344 g/mol. The molecule has 6 heteroatoms. The molecule has 2 aromatic rings. The highest BCUT2D eigenvalue weighted by atomic mass is 32.2. The van der Waals surface area contributed by atoms with Crippen LogP contribution in [0.25, 0.3) is 0 Å². The number of methoxy groups -OCH3 is 2. The Labute approximate surface area is 146 Å². The van der Waals surface area contributed by atoms with Gasteiger partial charge < -0.3 is 14.4 Å². The van der Waals surface area contributed by atoms with Crippen molar-refractivity contribution in [2.75, 3.05) is 26.5 Å². The van der Waals surface area contributed by atoms with Crippen molar-refractivity contribution in [3.05, 3.63) is 53.9 Å². The van der Waals surface area contributed by atoms with Crippen molar-refractivity contribution in [2.45, 2.75) is 11.8 Å². The van der Waals surface area contributed by atoms with E-state index < -0.39 is 0 Å². The van der Waals surface area contributed by atoms with Crippen molar-refractivity contribution in [3.8, 4) is 11.5 Å². The van der Waals surface area contributed by atoms with Crippen LogP contribution in [-0.2, 0) is 11.2 Å². The van der Waals surface area contributed by atoms with Gasteiger partial charge in [0.1, 0.15) is 5.37 Å². The first-order valence-corrected chi connectivity index (χ1v) is 8.80. The van der Waals surface area contributed by atoms with Gasteiger partial charge in [-0.2, -0.15) is 0 Å². The fraction of sp³-hybridized carbons (Fsp3) is 0.333. The minimum Gasteiger partial charge on any atom is -0.493 e. The molecule has 0 saturated carbocycles. The molecule has 3 rings (SSSR count). The predicted molar refractivity (Wildman–Crippen MR) is 94.4 cm³/mol. The highest BCUT2D eigenvalue weighted by Crippen LogP contribution is 2.45. The van der Waals surface area contributed by atoms with E-state index in [-0.39, 0.29) is 11.3 Å². The van der Waals surface area contributed by atoms with Gasteiger partial charge in [-0.15, -0.1) is 11.8 Å². The second kappa shape index (κ2) is 7.57. The van der Waals surface area contributed by atoms with Crippen LogP contribution in [0.4, 0.5) is 0 Å². The van der Waals surface area contributed by atoms with Crippen LogP contribution in [0.2, 0.25) is 0 Å². The highest BCUT2D eigenvalue weighted by molar-refractivity contribution is 8.00. The first kappa shape index (κ1) is 16.6. The van der Waals surface area contributed by atoms with E-state index in [4.69, 9.17) is 9.47 Å². The smallest absolute Gasteiger partial charge is 0.233 e. The summed E-state index contributed by atoms with van der Waals surface area (Å²) in [6, 6.07) is 9.76. The number of aromatic nitrogens is 1. The minimum absolute atomic E-state index is 0.0515. The molecule has 1 atom stereocenters. The standard InChI is InChI=1S/C18H20N2O3S/c1-22-15-5-3-4-14(17(15)23-2)18-20(16(21)12-24-18)11-8-13-6-9-19-10-7-13/h3-7,9-10,18H,8,11-12H2,1-2H3. The van der Waals surface area contributed by atoms with Crippen molar-refractivity contribution >= 4 is 17.7 Å². The number of para-hydroxylation sites is 1. The van der Waals surface area contributed by atoms with Crippen LogP contribution in [-0.4, -0.2) is 42.3 Å². The summed E-state index contributed by atoms with van der Waals surface area (Å²) in [7, 11) is 3.25. The number of ether oxygens (including phenoxy) is 2. The van der Waals surface area contributed by atoms with Crippen molar-refractivity contribution in [2.24, 2.45) is 0 Å². The molecule has 0 N–H and O–H groups in total. The Morgan fingerprint density at radius 3 is 2.71 bits per heavy atom. The Morgan fingerprint density at radius 2 is 2.00 bits per heavy atom. The Hall–Kier alpha value is -2.21. The van der Waals surface area contributed by atoms with Crippen molar-refractivity contribution in [3.63, 3.8) is 0 Å². The lowest BCUT2D eigenvalue weighted by Gasteiger charge is -2.26. The van der Waals surface area contributed by atoms with E-state index in [2.05, 4.69) is 4.98 Å². The second-order valence-corrected chi connectivity index (χ2v) is 6.51. The van der Waals surface area contributed by atoms with Crippen LogP contribution in [0.5, 0.6) is 11.5 Å². The fourth-order valence-corrected chi connectivity index (χ4v) is 4.09. The third kappa shape index (κ3) is 3.33. The van der Waals surface area contributed by atoms with Gasteiger partial charge in [0.05, 0.1) is 20.0 Å². The van der Waals surface area contributed by atoms with Gasteiger partial charge in [0.15, 0.2) is 11.5 Å². The summed E-state index contributed by atoms with van der Waals surface area (Å²) in [4.78, 5) is 18.3. The third-order valence-electron chi connectivity index (χ3n) is 4.06. The van der Waals surface area contributed by atoms with Gasteiger partial charge in [0.2, 0.25) is 5.91 Å². The molecular formula is C18H20N2O3S. The number of thioether (sulfide) groups is 1. The van der Waals surface area contributed by atoms with E-state index in [1.807, 2.05) is 35.2 Å². The van der Waals surface area contributed by atoms with Gasteiger partial charge in [-0.3, -0.25) is 9.78 Å². The molecule has 5 nitrogen and oxygen atoms in total. The average Bonchev–Trinajstić information content (AvgIpc) is 3.00. The van der Waals surface area contributed by atoms with E-state index in [9.17, 15) is 4.79 Å². The number of hydrogen-bond donors (Lipinski definition) is 0. The zero-order valence-corrected chi connectivity index (χ0v) is 14.6.